The van der Waals surface area contributed by atoms with Crippen LogP contribution >= 0.6 is 45.2 Å². The molecule has 0 fully saturated rings. The summed E-state index contributed by atoms with van der Waals surface area (Å²) in [6, 6.07) is 6.22. The van der Waals surface area contributed by atoms with Crippen LogP contribution in [0, 0.1) is 3.57 Å². The quantitative estimate of drug-likeness (QED) is 0.514. The van der Waals surface area contributed by atoms with Gasteiger partial charge in [0.2, 0.25) is 0 Å². The highest BCUT2D eigenvalue weighted by Gasteiger charge is 2.25. The molecule has 0 spiro atoms. The summed E-state index contributed by atoms with van der Waals surface area (Å²) in [6.07, 6.45) is 0. The number of hydrogen-bond donors (Lipinski definition) is 0. The highest BCUT2D eigenvalue weighted by atomic mass is 127. The smallest absolute Gasteiger partial charge is 0.189 e. The van der Waals surface area contributed by atoms with Crippen LogP contribution in [0.4, 0.5) is 8.78 Å². The van der Waals surface area contributed by atoms with E-state index < -0.39 is 3.93 Å². The van der Waals surface area contributed by atoms with Crippen LogP contribution in [0.1, 0.15) is 5.56 Å². The Morgan fingerprint density at radius 2 is 1.55 bits per heavy atom. The second kappa shape index (κ2) is 3.51. The second-order valence-corrected chi connectivity index (χ2v) is 4.61. The van der Waals surface area contributed by atoms with Crippen molar-refractivity contribution in [2.75, 3.05) is 0 Å². The van der Waals surface area contributed by atoms with Crippen LogP contribution in [-0.2, 0) is 3.93 Å². The summed E-state index contributed by atoms with van der Waals surface area (Å²) >= 11 is 3.20. The van der Waals surface area contributed by atoms with Crippen molar-refractivity contribution in [1.29, 1.82) is 0 Å². The molecule has 0 aromatic heterocycles. The van der Waals surface area contributed by atoms with Crippen molar-refractivity contribution in [2.24, 2.45) is 0 Å². The van der Waals surface area contributed by atoms with Gasteiger partial charge in [-0.3, -0.25) is 0 Å². The first-order valence-corrected chi connectivity index (χ1v) is 4.98. The summed E-state index contributed by atoms with van der Waals surface area (Å²) < 4.78 is 23.4. The average molecular weight is 380 g/mol. The molecule has 0 amide bonds. The fraction of sp³-hybridized carbons (Fsp3) is 0.143. The van der Waals surface area contributed by atoms with Gasteiger partial charge in [-0.2, -0.15) is 8.78 Å². The molecular weight excluding hydrogens is 376 g/mol. The zero-order chi connectivity index (χ0) is 8.48. The Kier molecular flexibility index (Phi) is 3.07. The molecule has 0 aliphatic heterocycles. The first kappa shape index (κ1) is 9.63. The molecule has 11 heavy (non-hydrogen) atoms. The molecule has 1 aromatic carbocycles. The number of halogens is 4. The van der Waals surface area contributed by atoms with E-state index in [2.05, 4.69) is 22.6 Å². The van der Waals surface area contributed by atoms with E-state index in [-0.39, 0.29) is 5.56 Å². The molecule has 0 saturated heterocycles. The number of hydrogen-bond acceptors (Lipinski definition) is 0. The Labute approximate surface area is 90.7 Å². The van der Waals surface area contributed by atoms with Gasteiger partial charge in [0.1, 0.15) is 0 Å². The van der Waals surface area contributed by atoms with Crippen LogP contribution in [-0.4, -0.2) is 0 Å². The van der Waals surface area contributed by atoms with Gasteiger partial charge in [-0.1, -0.05) is 12.1 Å². The van der Waals surface area contributed by atoms with Gasteiger partial charge in [0.15, 0.2) is 0 Å². The summed E-state index contributed by atoms with van der Waals surface area (Å²) in [6.45, 7) is 0. The van der Waals surface area contributed by atoms with E-state index >= 15 is 0 Å². The van der Waals surface area contributed by atoms with Gasteiger partial charge in [0.25, 0.3) is 0 Å². The first-order chi connectivity index (χ1) is 5.00. The topological polar surface area (TPSA) is 0 Å². The van der Waals surface area contributed by atoms with Crippen LogP contribution in [0.15, 0.2) is 24.3 Å². The minimum atomic E-state index is -2.75. The summed E-state index contributed by atoms with van der Waals surface area (Å²) in [7, 11) is 0. The molecule has 0 heterocycles. The fourth-order valence-corrected chi connectivity index (χ4v) is 1.36. The second-order valence-electron chi connectivity index (χ2n) is 2.00. The van der Waals surface area contributed by atoms with Crippen molar-refractivity contribution in [2.45, 2.75) is 3.93 Å². The Bertz CT molecular complexity index is 238. The molecule has 1 rings (SSSR count). The highest BCUT2D eigenvalue weighted by Crippen LogP contribution is 2.34. The normalized spacial score (nSPS) is 11.6. The van der Waals surface area contributed by atoms with Gasteiger partial charge >= 0.3 is 3.93 Å². The van der Waals surface area contributed by atoms with Crippen molar-refractivity contribution in [1.82, 2.24) is 0 Å². The molecule has 0 N–H and O–H groups in total. The Balaban J connectivity index is 2.99. The lowest BCUT2D eigenvalue weighted by atomic mass is 10.2. The summed E-state index contributed by atoms with van der Waals surface area (Å²) in [5.41, 5.74) is 0.0542. The molecule has 0 atom stereocenters. The number of benzene rings is 1. The Hall–Kier alpha value is 0.540. The van der Waals surface area contributed by atoms with Crippen LogP contribution < -0.4 is 0 Å². The minimum Gasteiger partial charge on any atom is -0.189 e. The van der Waals surface area contributed by atoms with Crippen LogP contribution in [0.5, 0.6) is 0 Å². The van der Waals surface area contributed by atoms with Gasteiger partial charge in [-0.25, -0.2) is 0 Å². The Morgan fingerprint density at radius 1 is 1.09 bits per heavy atom. The predicted molar refractivity (Wildman–Crippen MR) is 57.1 cm³/mol. The lowest BCUT2D eigenvalue weighted by Crippen LogP contribution is -2.01. The molecule has 60 valence electrons. The molecule has 1 aromatic rings. The molecule has 4 heteroatoms. The van der Waals surface area contributed by atoms with E-state index in [0.29, 0.717) is 0 Å². The van der Waals surface area contributed by atoms with Gasteiger partial charge in [-0.15, -0.1) is 0 Å². The first-order valence-electron chi connectivity index (χ1n) is 2.83. The zero-order valence-corrected chi connectivity index (χ0v) is 9.64. The third-order valence-electron chi connectivity index (χ3n) is 1.17. The van der Waals surface area contributed by atoms with E-state index in [1.807, 2.05) is 0 Å². The van der Waals surface area contributed by atoms with Gasteiger partial charge < -0.3 is 0 Å². The molecule has 0 radical (unpaired) electrons. The maximum Gasteiger partial charge on any atom is 0.321 e. The maximum absolute atomic E-state index is 12.6. The van der Waals surface area contributed by atoms with Gasteiger partial charge in [-0.05, 0) is 34.7 Å². The monoisotopic (exact) mass is 380 g/mol. The van der Waals surface area contributed by atoms with Gasteiger partial charge in [0, 0.05) is 31.7 Å². The van der Waals surface area contributed by atoms with Crippen molar-refractivity contribution in [3.05, 3.63) is 33.4 Å². The third-order valence-corrected chi connectivity index (χ3v) is 2.51. The summed E-state index contributed by atoms with van der Waals surface area (Å²) in [5, 5.41) is 0. The average Bonchev–Trinajstić information content (AvgIpc) is 1.86. The highest BCUT2D eigenvalue weighted by molar-refractivity contribution is 14.1. The standard InChI is InChI=1S/C7H4F2I2/c8-7(9,11)5-1-3-6(10)4-2-5/h1-4H. The molecule has 0 aliphatic carbocycles. The van der Waals surface area contributed by atoms with Crippen molar-refractivity contribution >= 4 is 45.2 Å². The van der Waals surface area contributed by atoms with E-state index in [4.69, 9.17) is 0 Å². The lowest BCUT2D eigenvalue weighted by Gasteiger charge is -2.07. The summed E-state index contributed by atoms with van der Waals surface area (Å²) in [4.78, 5) is 0. The summed E-state index contributed by atoms with van der Waals surface area (Å²) in [5.74, 6) is 0. The molecule has 0 bridgehead atoms. The number of rotatable bonds is 1. The molecule has 0 aliphatic rings. The predicted octanol–water partition coefficient (Wildman–Crippen LogP) is 3.78. The van der Waals surface area contributed by atoms with E-state index in [1.165, 1.54) is 12.1 Å². The Morgan fingerprint density at radius 3 is 1.91 bits per heavy atom. The fourth-order valence-electron chi connectivity index (χ4n) is 0.639. The van der Waals surface area contributed by atoms with Crippen molar-refractivity contribution in [3.63, 3.8) is 0 Å². The molecule has 0 saturated carbocycles. The van der Waals surface area contributed by atoms with Crippen LogP contribution in [0.25, 0.3) is 0 Å². The van der Waals surface area contributed by atoms with E-state index in [9.17, 15) is 8.78 Å². The lowest BCUT2D eigenvalue weighted by molar-refractivity contribution is 0.127. The molecular formula is C7H4F2I2. The molecule has 0 unspecified atom stereocenters. The van der Waals surface area contributed by atoms with Crippen molar-refractivity contribution in [3.8, 4) is 0 Å². The minimum absolute atomic E-state index is 0.0542. The maximum atomic E-state index is 12.6. The van der Waals surface area contributed by atoms with Crippen molar-refractivity contribution < 1.29 is 8.78 Å². The van der Waals surface area contributed by atoms with E-state index in [1.54, 1.807) is 12.1 Å². The SMILES string of the molecule is FC(F)(I)c1ccc(I)cc1. The molecule has 0 nitrogen and oxygen atoms in total. The van der Waals surface area contributed by atoms with Crippen LogP contribution in [0.3, 0.4) is 0 Å². The largest absolute Gasteiger partial charge is 0.321 e. The third kappa shape index (κ3) is 2.81. The van der Waals surface area contributed by atoms with Gasteiger partial charge in [0.05, 0.1) is 0 Å². The van der Waals surface area contributed by atoms with E-state index in [0.717, 1.165) is 26.2 Å². The zero-order valence-electron chi connectivity index (χ0n) is 5.32. The number of alkyl halides is 3. The van der Waals surface area contributed by atoms with Crippen LogP contribution in [0.2, 0.25) is 0 Å².